The predicted molar refractivity (Wildman–Crippen MR) is 164 cm³/mol. The fraction of sp³-hybridized carbons (Fsp3) is 0.312. The van der Waals surface area contributed by atoms with Crippen LogP contribution in [-0.4, -0.2) is 78.7 Å². The second-order valence-corrected chi connectivity index (χ2v) is 11.4. The molecule has 2 atom stereocenters. The molecule has 0 unspecified atom stereocenters. The zero-order valence-corrected chi connectivity index (χ0v) is 24.6. The third kappa shape index (κ3) is 5.96. The number of nitrogens with one attached hydrogen (secondary N) is 2. The highest BCUT2D eigenvalue weighted by Crippen LogP contribution is 2.26. The van der Waals surface area contributed by atoms with Gasteiger partial charge in [0.2, 0.25) is 11.8 Å². The van der Waals surface area contributed by atoms with Gasteiger partial charge in [0.25, 0.3) is 11.8 Å². The molecule has 2 fully saturated rings. The molecule has 4 amide bonds. The maximum Gasteiger partial charge on any atom is 0.272 e. The number of rotatable bonds is 7. The highest BCUT2D eigenvalue weighted by atomic mass is 16.2. The Kier molecular flexibility index (Phi) is 7.97. The fourth-order valence-electron chi connectivity index (χ4n) is 5.75. The van der Waals surface area contributed by atoms with Crippen LogP contribution in [0.4, 0.5) is 11.4 Å². The minimum Gasteiger partial charge on any atom is -0.337 e. The van der Waals surface area contributed by atoms with Crippen molar-refractivity contribution in [2.75, 3.05) is 36.8 Å². The first kappa shape index (κ1) is 28.8. The van der Waals surface area contributed by atoms with Gasteiger partial charge in [-0.2, -0.15) is 0 Å². The largest absolute Gasteiger partial charge is 0.337 e. The van der Waals surface area contributed by atoms with Crippen LogP contribution in [0.3, 0.4) is 0 Å². The molecule has 2 aromatic heterocycles. The van der Waals surface area contributed by atoms with Crippen LogP contribution in [0, 0.1) is 11.8 Å². The minimum absolute atomic E-state index is 0.107. The second kappa shape index (κ2) is 12.2. The Bertz CT molecular complexity index is 1570. The lowest BCUT2D eigenvalue weighted by Crippen LogP contribution is -2.32. The number of imidazole rings is 2. The molecule has 0 radical (unpaired) electrons. The Hall–Kier alpha value is -5.26. The first-order valence-electron chi connectivity index (χ1n) is 14.6. The summed E-state index contributed by atoms with van der Waals surface area (Å²) < 4.78 is 3.36. The maximum absolute atomic E-state index is 12.9. The summed E-state index contributed by atoms with van der Waals surface area (Å²) in [4.78, 5) is 62.7. The lowest BCUT2D eigenvalue weighted by Gasteiger charge is -2.16. The third-order valence-corrected chi connectivity index (χ3v) is 8.40. The first-order valence-corrected chi connectivity index (χ1v) is 14.6. The molecular weight excluding hydrogens is 560 g/mol. The number of carbonyl (C=O) groups is 4. The van der Waals surface area contributed by atoms with Gasteiger partial charge < -0.3 is 29.6 Å². The fourth-order valence-corrected chi connectivity index (χ4v) is 5.75. The lowest BCUT2D eigenvalue weighted by atomic mass is 10.0. The van der Waals surface area contributed by atoms with E-state index in [1.807, 2.05) is 48.5 Å². The van der Waals surface area contributed by atoms with E-state index in [2.05, 4.69) is 20.6 Å². The number of hydrogen-bond donors (Lipinski definition) is 2. The van der Waals surface area contributed by atoms with E-state index in [-0.39, 0.29) is 35.5 Å². The van der Waals surface area contributed by atoms with Gasteiger partial charge in [-0.25, -0.2) is 9.97 Å². The molecule has 226 valence electrons. The van der Waals surface area contributed by atoms with Crippen molar-refractivity contribution in [3.8, 4) is 11.1 Å². The number of anilines is 2. The van der Waals surface area contributed by atoms with E-state index in [4.69, 9.17) is 0 Å². The summed E-state index contributed by atoms with van der Waals surface area (Å²) in [6, 6.07) is 15.2. The Morgan fingerprint density at radius 2 is 1.02 bits per heavy atom. The molecule has 2 saturated heterocycles. The van der Waals surface area contributed by atoms with Crippen LogP contribution in [-0.2, 0) is 23.7 Å². The van der Waals surface area contributed by atoms with Crippen LogP contribution in [0.2, 0.25) is 0 Å². The highest BCUT2D eigenvalue weighted by Gasteiger charge is 2.33. The molecule has 4 heterocycles. The zero-order valence-electron chi connectivity index (χ0n) is 24.6. The smallest absolute Gasteiger partial charge is 0.272 e. The van der Waals surface area contributed by atoms with Crippen molar-refractivity contribution < 1.29 is 19.2 Å². The predicted octanol–water partition coefficient (Wildman–Crippen LogP) is 3.02. The number of aryl methyl sites for hydroxylation is 2. The van der Waals surface area contributed by atoms with E-state index in [9.17, 15) is 19.2 Å². The van der Waals surface area contributed by atoms with Crippen LogP contribution >= 0.6 is 0 Å². The van der Waals surface area contributed by atoms with Gasteiger partial charge in [-0.1, -0.05) is 24.3 Å². The second-order valence-electron chi connectivity index (χ2n) is 11.4. The summed E-state index contributed by atoms with van der Waals surface area (Å²) in [5.74, 6) is -0.996. The topological polar surface area (TPSA) is 134 Å². The van der Waals surface area contributed by atoms with Crippen molar-refractivity contribution in [2.24, 2.45) is 25.9 Å². The average molecular weight is 595 g/mol. The Balaban J connectivity index is 0.991. The summed E-state index contributed by atoms with van der Waals surface area (Å²) in [6.07, 6.45) is 7.48. The first-order chi connectivity index (χ1) is 21.3. The molecule has 6 rings (SSSR count). The summed E-state index contributed by atoms with van der Waals surface area (Å²) >= 11 is 0. The summed E-state index contributed by atoms with van der Waals surface area (Å²) in [5.41, 5.74) is 4.32. The van der Waals surface area contributed by atoms with Crippen molar-refractivity contribution in [3.05, 3.63) is 85.0 Å². The Morgan fingerprint density at radius 1 is 0.636 bits per heavy atom. The SMILES string of the molecule is Cn1cncc1C(=O)N1CC[C@@H](C(=O)Nc2ccc(-c3ccc(NC(=O)[C@H]4CCN(C(=O)c5cncn5C)C4)cc3)cc2)C1. The van der Waals surface area contributed by atoms with Crippen LogP contribution in [0.1, 0.15) is 33.8 Å². The van der Waals surface area contributed by atoms with Crippen molar-refractivity contribution in [1.82, 2.24) is 28.9 Å². The van der Waals surface area contributed by atoms with E-state index < -0.39 is 0 Å². The van der Waals surface area contributed by atoms with Gasteiger partial charge in [0, 0.05) is 51.6 Å². The Labute approximate surface area is 254 Å². The molecule has 12 nitrogen and oxygen atoms in total. The normalized spacial score (nSPS) is 18.0. The maximum atomic E-state index is 12.9. The van der Waals surface area contributed by atoms with Gasteiger partial charge >= 0.3 is 0 Å². The minimum atomic E-state index is -0.275. The summed E-state index contributed by atoms with van der Waals surface area (Å²) in [6.45, 7) is 1.81. The van der Waals surface area contributed by atoms with Crippen molar-refractivity contribution in [2.45, 2.75) is 12.8 Å². The van der Waals surface area contributed by atoms with E-state index in [1.165, 1.54) is 0 Å². The third-order valence-electron chi connectivity index (χ3n) is 8.40. The standard InChI is InChI=1S/C32H34N8O4/c1-37-19-33-15-27(37)31(43)39-13-11-23(17-39)29(41)35-25-7-3-21(4-8-25)22-5-9-26(10-6-22)36-30(42)24-12-14-40(18-24)32(44)28-16-34-20-38(28)2/h3-10,15-16,19-20,23-24H,11-14,17-18H2,1-2H3,(H,35,41)(H,36,42)/t23-,24+. The summed E-state index contributed by atoms with van der Waals surface area (Å²) in [7, 11) is 3.55. The van der Waals surface area contributed by atoms with Gasteiger partial charge in [0.15, 0.2) is 0 Å². The molecule has 12 heteroatoms. The van der Waals surface area contributed by atoms with Gasteiger partial charge in [0.05, 0.1) is 36.9 Å². The molecule has 2 aliphatic rings. The van der Waals surface area contributed by atoms with E-state index in [1.54, 1.807) is 58.1 Å². The van der Waals surface area contributed by atoms with Crippen molar-refractivity contribution in [3.63, 3.8) is 0 Å². The number of nitrogens with zero attached hydrogens (tertiary/aromatic N) is 6. The number of aromatic nitrogens is 4. The van der Waals surface area contributed by atoms with E-state index >= 15 is 0 Å². The molecule has 2 N–H and O–H groups in total. The number of amides is 4. The molecule has 0 aliphatic carbocycles. The monoisotopic (exact) mass is 594 g/mol. The zero-order chi connectivity index (χ0) is 30.8. The van der Waals surface area contributed by atoms with Crippen molar-refractivity contribution in [1.29, 1.82) is 0 Å². The van der Waals surface area contributed by atoms with Crippen LogP contribution in [0.5, 0.6) is 0 Å². The molecule has 0 spiro atoms. The molecule has 44 heavy (non-hydrogen) atoms. The number of likely N-dealkylation sites (tertiary alicyclic amines) is 2. The van der Waals surface area contributed by atoms with Crippen LogP contribution < -0.4 is 10.6 Å². The van der Waals surface area contributed by atoms with Gasteiger partial charge in [0.1, 0.15) is 11.4 Å². The van der Waals surface area contributed by atoms with Crippen molar-refractivity contribution >= 4 is 35.0 Å². The number of benzene rings is 2. The van der Waals surface area contributed by atoms with Gasteiger partial charge in [-0.3, -0.25) is 19.2 Å². The average Bonchev–Trinajstić information content (AvgIpc) is 3.85. The van der Waals surface area contributed by atoms with Gasteiger partial charge in [-0.05, 0) is 48.2 Å². The van der Waals surface area contributed by atoms with Gasteiger partial charge in [-0.15, -0.1) is 0 Å². The number of hydrogen-bond acceptors (Lipinski definition) is 6. The quantitative estimate of drug-likeness (QED) is 0.338. The Morgan fingerprint density at radius 3 is 1.36 bits per heavy atom. The van der Waals surface area contributed by atoms with Crippen LogP contribution in [0.25, 0.3) is 11.1 Å². The van der Waals surface area contributed by atoms with Crippen LogP contribution in [0.15, 0.2) is 73.6 Å². The molecular formula is C32H34N8O4. The van der Waals surface area contributed by atoms with E-state index in [0.29, 0.717) is 61.8 Å². The highest BCUT2D eigenvalue weighted by molar-refractivity contribution is 5.97. The lowest BCUT2D eigenvalue weighted by molar-refractivity contribution is -0.120. The van der Waals surface area contributed by atoms with E-state index in [0.717, 1.165) is 11.1 Å². The molecule has 0 saturated carbocycles. The molecule has 4 aromatic rings. The molecule has 2 aliphatic heterocycles. The number of carbonyl (C=O) groups excluding carboxylic acids is 4. The summed E-state index contributed by atoms with van der Waals surface area (Å²) in [5, 5.41) is 5.95. The molecule has 0 bridgehead atoms. The molecule has 2 aromatic carbocycles.